The molecule has 0 aromatic rings. The van der Waals surface area contributed by atoms with Crippen LogP contribution in [0.15, 0.2) is 23.7 Å². The number of rotatable bonds is 2. The molecule has 1 aliphatic heterocycles. The van der Waals surface area contributed by atoms with Gasteiger partial charge in [0.2, 0.25) is 0 Å². The summed E-state index contributed by atoms with van der Waals surface area (Å²) in [7, 11) is 1.94. The molecule has 12 heavy (non-hydrogen) atoms. The number of hydrogen-bond donors (Lipinski definition) is 1. The Morgan fingerprint density at radius 1 is 1.58 bits per heavy atom. The molecule has 0 atom stereocenters. The van der Waals surface area contributed by atoms with E-state index in [1.807, 2.05) is 7.05 Å². The second kappa shape index (κ2) is 4.99. The van der Waals surface area contributed by atoms with Crippen LogP contribution < -0.4 is 5.32 Å². The molecule has 68 valence electrons. The first-order valence-electron chi connectivity index (χ1n) is 4.49. The first-order valence-corrected chi connectivity index (χ1v) is 4.49. The van der Waals surface area contributed by atoms with E-state index < -0.39 is 0 Å². The lowest BCUT2D eigenvalue weighted by Crippen LogP contribution is -2.13. The normalized spacial score (nSPS) is 27.2. The van der Waals surface area contributed by atoms with E-state index in [2.05, 4.69) is 18.3 Å². The molecule has 0 saturated heterocycles. The van der Waals surface area contributed by atoms with E-state index in [-0.39, 0.29) is 0 Å². The molecular formula is C10H17NO. The Labute approximate surface area is 74.3 Å². The standard InChI is InChI=1S/C10H17NO/c1-9-6-4-3-5-7-12-10(9)8-11-2/h5,7,11H,3-4,6,8H2,1-2H3/b7-5+,10-9-. The van der Waals surface area contributed by atoms with Crippen molar-refractivity contribution < 1.29 is 4.74 Å². The molecule has 0 unspecified atom stereocenters. The topological polar surface area (TPSA) is 21.3 Å². The molecule has 0 amide bonds. The fourth-order valence-corrected chi connectivity index (χ4v) is 1.28. The van der Waals surface area contributed by atoms with Crippen LogP contribution >= 0.6 is 0 Å². The summed E-state index contributed by atoms with van der Waals surface area (Å²) >= 11 is 0. The van der Waals surface area contributed by atoms with Crippen molar-refractivity contribution in [2.24, 2.45) is 0 Å². The van der Waals surface area contributed by atoms with E-state index in [0.29, 0.717) is 0 Å². The Kier molecular flexibility index (Phi) is 3.88. The van der Waals surface area contributed by atoms with Gasteiger partial charge in [0.15, 0.2) is 0 Å². The molecule has 0 aliphatic carbocycles. The fraction of sp³-hybridized carbons (Fsp3) is 0.600. The first kappa shape index (κ1) is 9.33. The summed E-state index contributed by atoms with van der Waals surface area (Å²) in [6.45, 7) is 2.97. The fourth-order valence-electron chi connectivity index (χ4n) is 1.28. The molecule has 0 saturated carbocycles. The zero-order valence-corrected chi connectivity index (χ0v) is 7.89. The third kappa shape index (κ3) is 2.70. The van der Waals surface area contributed by atoms with E-state index in [4.69, 9.17) is 4.74 Å². The molecule has 0 aromatic heterocycles. The average molecular weight is 167 g/mol. The smallest absolute Gasteiger partial charge is 0.116 e. The maximum absolute atomic E-state index is 5.47. The number of ether oxygens (including phenoxy) is 1. The summed E-state index contributed by atoms with van der Waals surface area (Å²) in [5.74, 6) is 1.08. The minimum Gasteiger partial charge on any atom is -0.468 e. The highest BCUT2D eigenvalue weighted by Crippen LogP contribution is 2.16. The summed E-state index contributed by atoms with van der Waals surface area (Å²) in [6, 6.07) is 0. The lowest BCUT2D eigenvalue weighted by atomic mass is 10.1. The van der Waals surface area contributed by atoms with Gasteiger partial charge in [-0.15, -0.1) is 0 Å². The Bertz CT molecular complexity index is 194. The number of hydrogen-bond acceptors (Lipinski definition) is 2. The van der Waals surface area contributed by atoms with Crippen molar-refractivity contribution in [3.63, 3.8) is 0 Å². The van der Waals surface area contributed by atoms with Crippen LogP contribution in [0.4, 0.5) is 0 Å². The molecule has 1 heterocycles. The van der Waals surface area contributed by atoms with Gasteiger partial charge < -0.3 is 10.1 Å². The molecule has 1 N–H and O–H groups in total. The highest BCUT2D eigenvalue weighted by Gasteiger charge is 2.03. The van der Waals surface area contributed by atoms with Gasteiger partial charge in [-0.2, -0.15) is 0 Å². The zero-order chi connectivity index (χ0) is 8.81. The third-order valence-electron chi connectivity index (χ3n) is 2.04. The molecule has 1 aliphatic rings. The van der Waals surface area contributed by atoms with Crippen LogP contribution in [0, 0.1) is 0 Å². The minimum absolute atomic E-state index is 0.830. The van der Waals surface area contributed by atoms with Gasteiger partial charge in [0, 0.05) is 0 Å². The summed E-state index contributed by atoms with van der Waals surface area (Å²) in [5.41, 5.74) is 1.37. The van der Waals surface area contributed by atoms with Gasteiger partial charge in [0.25, 0.3) is 0 Å². The summed E-state index contributed by atoms with van der Waals surface area (Å²) < 4.78 is 5.47. The molecule has 0 spiro atoms. The van der Waals surface area contributed by atoms with Crippen LogP contribution in [0.1, 0.15) is 26.2 Å². The Balaban J connectivity index is 2.61. The van der Waals surface area contributed by atoms with E-state index in [0.717, 1.165) is 25.1 Å². The monoisotopic (exact) mass is 167 g/mol. The predicted molar refractivity (Wildman–Crippen MR) is 50.7 cm³/mol. The van der Waals surface area contributed by atoms with Gasteiger partial charge in [0.05, 0.1) is 12.8 Å². The zero-order valence-electron chi connectivity index (χ0n) is 7.89. The molecule has 0 radical (unpaired) electrons. The molecule has 0 bridgehead atoms. The molecule has 0 aromatic carbocycles. The molecule has 1 rings (SSSR count). The van der Waals surface area contributed by atoms with Crippen molar-refractivity contribution in [2.75, 3.05) is 13.6 Å². The molecule has 2 nitrogen and oxygen atoms in total. The lowest BCUT2D eigenvalue weighted by molar-refractivity contribution is 0.325. The van der Waals surface area contributed by atoms with E-state index in [1.54, 1.807) is 6.26 Å². The maximum atomic E-state index is 5.47. The summed E-state index contributed by atoms with van der Waals surface area (Å²) in [6.07, 6.45) is 7.40. The van der Waals surface area contributed by atoms with Crippen LogP contribution in [0.5, 0.6) is 0 Å². The quantitative estimate of drug-likeness (QED) is 0.680. The van der Waals surface area contributed by atoms with Gasteiger partial charge in [-0.25, -0.2) is 0 Å². The number of nitrogens with one attached hydrogen (secondary N) is 1. The first-order chi connectivity index (χ1) is 5.84. The van der Waals surface area contributed by atoms with Crippen LogP contribution in [0.25, 0.3) is 0 Å². The summed E-state index contributed by atoms with van der Waals surface area (Å²) in [5, 5.41) is 3.10. The summed E-state index contributed by atoms with van der Waals surface area (Å²) in [4.78, 5) is 0. The minimum atomic E-state index is 0.830. The molecule has 0 fully saturated rings. The van der Waals surface area contributed by atoms with Gasteiger partial charge in [-0.3, -0.25) is 0 Å². The van der Waals surface area contributed by atoms with Gasteiger partial charge in [-0.05, 0) is 44.9 Å². The highest BCUT2D eigenvalue weighted by atomic mass is 16.5. The largest absolute Gasteiger partial charge is 0.468 e. The SMILES string of the molecule is CNC/C1=C(\C)CCC/C=C/O1. The number of allylic oxidation sites excluding steroid dienone is 2. The van der Waals surface area contributed by atoms with Crippen molar-refractivity contribution in [3.05, 3.63) is 23.7 Å². The lowest BCUT2D eigenvalue weighted by Gasteiger charge is -2.12. The third-order valence-corrected chi connectivity index (χ3v) is 2.04. The second-order valence-electron chi connectivity index (χ2n) is 3.12. The Morgan fingerprint density at radius 2 is 2.42 bits per heavy atom. The molecular weight excluding hydrogens is 150 g/mol. The Hall–Kier alpha value is -0.760. The van der Waals surface area contributed by atoms with E-state index >= 15 is 0 Å². The van der Waals surface area contributed by atoms with E-state index in [1.165, 1.54) is 12.0 Å². The van der Waals surface area contributed by atoms with Crippen LogP contribution in [0.2, 0.25) is 0 Å². The maximum Gasteiger partial charge on any atom is 0.116 e. The van der Waals surface area contributed by atoms with Crippen molar-refractivity contribution in [3.8, 4) is 0 Å². The predicted octanol–water partition coefficient (Wildman–Crippen LogP) is 2.19. The van der Waals surface area contributed by atoms with Crippen molar-refractivity contribution in [1.82, 2.24) is 5.32 Å². The van der Waals surface area contributed by atoms with Gasteiger partial charge in [0.1, 0.15) is 5.76 Å². The van der Waals surface area contributed by atoms with Crippen molar-refractivity contribution >= 4 is 0 Å². The van der Waals surface area contributed by atoms with Crippen LogP contribution in [0.3, 0.4) is 0 Å². The molecule has 2 heteroatoms. The highest BCUT2D eigenvalue weighted by molar-refractivity contribution is 5.09. The van der Waals surface area contributed by atoms with Crippen LogP contribution in [-0.4, -0.2) is 13.6 Å². The Morgan fingerprint density at radius 3 is 3.17 bits per heavy atom. The average Bonchev–Trinajstić information content (AvgIpc) is 2.05. The van der Waals surface area contributed by atoms with Gasteiger partial charge in [-0.1, -0.05) is 0 Å². The van der Waals surface area contributed by atoms with Crippen LogP contribution in [-0.2, 0) is 4.74 Å². The van der Waals surface area contributed by atoms with Crippen molar-refractivity contribution in [2.45, 2.75) is 26.2 Å². The number of likely N-dealkylation sites (N-methyl/N-ethyl adjacent to an activating group) is 1. The van der Waals surface area contributed by atoms with E-state index in [9.17, 15) is 0 Å². The van der Waals surface area contributed by atoms with Gasteiger partial charge >= 0.3 is 0 Å². The van der Waals surface area contributed by atoms with Crippen molar-refractivity contribution in [1.29, 1.82) is 0 Å². The second-order valence-corrected chi connectivity index (χ2v) is 3.12.